The number of aromatic nitrogens is 3. The van der Waals surface area contributed by atoms with Crippen LogP contribution in [0.25, 0.3) is 99.8 Å². The van der Waals surface area contributed by atoms with Crippen LogP contribution in [0.2, 0.25) is 0 Å². The lowest BCUT2D eigenvalue weighted by molar-refractivity contribution is -0.137. The minimum Gasteiger partial charge on any atom is -0.308 e. The second-order valence-corrected chi connectivity index (χ2v) is 17.9. The average molecular weight is 866 g/mol. The number of hydrogen-bond donors (Lipinski definition) is 0. The highest BCUT2D eigenvalue weighted by atomic mass is 19.4. The summed E-state index contributed by atoms with van der Waals surface area (Å²) < 4.78 is 51.3. The van der Waals surface area contributed by atoms with Crippen LogP contribution in [0.1, 0.15) is 38.9 Å². The largest absolute Gasteiger partial charge is 0.416 e. The smallest absolute Gasteiger partial charge is 0.308 e. The summed E-state index contributed by atoms with van der Waals surface area (Å²) >= 11 is 0. The Hall–Kier alpha value is -7.70. The molecule has 0 aliphatic heterocycles. The first-order valence-electron chi connectivity index (χ1n) is 22.4. The molecule has 11 rings (SSSR count). The fraction of sp³-hybridized carbons (Fsp3) is 0.117. The van der Waals surface area contributed by atoms with Gasteiger partial charge in [-0.25, -0.2) is 4.98 Å². The van der Waals surface area contributed by atoms with Crippen LogP contribution in [0, 0.1) is 41.5 Å². The van der Waals surface area contributed by atoms with Gasteiger partial charge < -0.3 is 9.13 Å². The fourth-order valence-corrected chi connectivity index (χ4v) is 10.8. The van der Waals surface area contributed by atoms with Crippen LogP contribution >= 0.6 is 0 Å². The Balaban J connectivity index is 1.27. The van der Waals surface area contributed by atoms with Crippen molar-refractivity contribution in [2.24, 2.45) is 0 Å². The zero-order valence-electron chi connectivity index (χ0n) is 37.6. The molecule has 0 radical (unpaired) electrons. The Morgan fingerprint density at radius 1 is 0.364 bits per heavy atom. The molecule has 0 saturated carbocycles. The molecule has 0 unspecified atom stereocenters. The van der Waals surface area contributed by atoms with E-state index in [2.05, 4.69) is 114 Å². The molecule has 0 N–H and O–H groups in total. The third kappa shape index (κ3) is 6.70. The van der Waals surface area contributed by atoms with Gasteiger partial charge in [-0.3, -0.25) is 0 Å². The van der Waals surface area contributed by atoms with Crippen molar-refractivity contribution in [3.63, 3.8) is 0 Å². The molecule has 0 amide bonds. The zero-order valence-corrected chi connectivity index (χ0v) is 37.6. The summed E-state index contributed by atoms with van der Waals surface area (Å²) in [5, 5.41) is 3.78. The van der Waals surface area contributed by atoms with E-state index in [1.54, 1.807) is 0 Å². The maximum absolute atomic E-state index is 15.8. The van der Waals surface area contributed by atoms with Gasteiger partial charge in [-0.1, -0.05) is 120 Å². The van der Waals surface area contributed by atoms with Crippen molar-refractivity contribution in [1.29, 1.82) is 0 Å². The number of para-hydroxylation sites is 2. The highest BCUT2D eigenvalue weighted by Crippen LogP contribution is 2.46. The molecule has 3 heterocycles. The molecule has 3 nitrogen and oxygen atoms in total. The number of alkyl halides is 3. The van der Waals surface area contributed by atoms with Gasteiger partial charge in [0.25, 0.3) is 0 Å². The number of pyridine rings is 1. The topological polar surface area (TPSA) is 22.8 Å². The van der Waals surface area contributed by atoms with Crippen molar-refractivity contribution in [2.75, 3.05) is 0 Å². The third-order valence-electron chi connectivity index (χ3n) is 13.3. The summed E-state index contributed by atoms with van der Waals surface area (Å²) in [4.78, 5) is 5.32. The average Bonchev–Trinajstić information content (AvgIpc) is 3.80. The lowest BCUT2D eigenvalue weighted by atomic mass is 9.93. The SMILES string of the molecule is Cc1cc(C)c(-c2ccc3c(c2)c2ccccc2n3-c2cc(C(F)(F)F)cc(-n3c4ccccc4c4cc(-c5c(C)cc(C)cc5C)ccc43)c2-c2cccc(-c3ccccc3)n2)c(C)c1. The Labute approximate surface area is 382 Å². The van der Waals surface area contributed by atoms with E-state index in [4.69, 9.17) is 4.98 Å². The monoisotopic (exact) mass is 865 g/mol. The second kappa shape index (κ2) is 15.5. The molecule has 322 valence electrons. The van der Waals surface area contributed by atoms with Crippen LogP contribution in [0.15, 0.2) is 170 Å². The molecule has 0 aliphatic rings. The quantitative estimate of drug-likeness (QED) is 0.163. The van der Waals surface area contributed by atoms with E-state index >= 15 is 13.2 Å². The Morgan fingerprint density at radius 3 is 1.26 bits per heavy atom. The minimum absolute atomic E-state index is 0.382. The molecule has 66 heavy (non-hydrogen) atoms. The van der Waals surface area contributed by atoms with Gasteiger partial charge in [0, 0.05) is 32.7 Å². The molecule has 0 atom stereocenters. The first-order valence-corrected chi connectivity index (χ1v) is 22.4. The molecule has 0 bridgehead atoms. The molecule has 0 spiro atoms. The first-order chi connectivity index (χ1) is 31.8. The van der Waals surface area contributed by atoms with E-state index in [1.807, 2.05) is 94.1 Å². The van der Waals surface area contributed by atoms with Crippen molar-refractivity contribution in [3.8, 4) is 56.1 Å². The molecule has 0 saturated heterocycles. The Morgan fingerprint density at radius 2 is 0.788 bits per heavy atom. The molecular weight excluding hydrogens is 820 g/mol. The van der Waals surface area contributed by atoms with Crippen molar-refractivity contribution < 1.29 is 13.2 Å². The molecule has 6 heteroatoms. The molecule has 8 aromatic carbocycles. The predicted molar refractivity (Wildman–Crippen MR) is 268 cm³/mol. The normalized spacial score (nSPS) is 12.0. The summed E-state index contributed by atoms with van der Waals surface area (Å²) in [6.45, 7) is 12.8. The summed E-state index contributed by atoms with van der Waals surface area (Å²) in [6.07, 6.45) is -4.68. The molecule has 0 aliphatic carbocycles. The molecule has 3 aromatic heterocycles. The Kier molecular flexibility index (Phi) is 9.63. The van der Waals surface area contributed by atoms with Crippen LogP contribution in [0.4, 0.5) is 13.2 Å². The van der Waals surface area contributed by atoms with Crippen LogP contribution in [0.5, 0.6) is 0 Å². The number of fused-ring (bicyclic) bond motifs is 6. The predicted octanol–water partition coefficient (Wildman–Crippen LogP) is 16.8. The van der Waals surface area contributed by atoms with E-state index in [0.29, 0.717) is 22.6 Å². The van der Waals surface area contributed by atoms with Gasteiger partial charge >= 0.3 is 6.18 Å². The molecule has 11 aromatic rings. The van der Waals surface area contributed by atoms with Gasteiger partial charge in [0.05, 0.1) is 50.4 Å². The van der Waals surface area contributed by atoms with Gasteiger partial charge in [-0.05, 0) is 147 Å². The first kappa shape index (κ1) is 41.0. The van der Waals surface area contributed by atoms with Crippen LogP contribution in [-0.2, 0) is 6.18 Å². The fourth-order valence-electron chi connectivity index (χ4n) is 10.8. The highest BCUT2D eigenvalue weighted by molar-refractivity contribution is 6.13. The summed E-state index contributed by atoms with van der Waals surface area (Å²) in [6, 6.07) is 55.9. The molecular formula is C60H46F3N3. The number of aryl methyl sites for hydroxylation is 6. The van der Waals surface area contributed by atoms with Gasteiger partial charge in [0.2, 0.25) is 0 Å². The van der Waals surface area contributed by atoms with Crippen molar-refractivity contribution in [3.05, 3.63) is 209 Å². The highest BCUT2D eigenvalue weighted by Gasteiger charge is 2.35. The van der Waals surface area contributed by atoms with Crippen LogP contribution < -0.4 is 0 Å². The van der Waals surface area contributed by atoms with Crippen molar-refractivity contribution in [2.45, 2.75) is 47.7 Å². The minimum atomic E-state index is -4.68. The van der Waals surface area contributed by atoms with Crippen LogP contribution in [-0.4, -0.2) is 14.1 Å². The maximum atomic E-state index is 15.8. The van der Waals surface area contributed by atoms with E-state index in [1.165, 1.54) is 45.5 Å². The van der Waals surface area contributed by atoms with E-state index in [9.17, 15) is 0 Å². The third-order valence-corrected chi connectivity index (χ3v) is 13.3. The summed E-state index contributed by atoms with van der Waals surface area (Å²) in [5.74, 6) is 0. The number of halogens is 3. The standard InChI is InChI=1S/C60H46F3N3/c1-35-27-37(3)57(38(4)28-35)42-23-25-53-47(31-42)45-17-10-12-21-51(45)65(53)55-33-44(60(61,62)63)34-56(59(55)50-20-14-19-49(64-50)41-15-8-7-9-16-41)66-52-22-13-11-18-46(52)48-32-43(24-26-54(48)66)58-39(5)29-36(2)30-40(58)6/h7-34H,1-6H3. The number of nitrogens with zero attached hydrogens (tertiary/aromatic N) is 3. The summed E-state index contributed by atoms with van der Waals surface area (Å²) in [7, 11) is 0. The second-order valence-electron chi connectivity index (χ2n) is 17.9. The van der Waals surface area contributed by atoms with Gasteiger partial charge in [0.1, 0.15) is 0 Å². The van der Waals surface area contributed by atoms with Gasteiger partial charge in [0.15, 0.2) is 0 Å². The lowest BCUT2D eigenvalue weighted by Crippen LogP contribution is -2.11. The van der Waals surface area contributed by atoms with E-state index < -0.39 is 11.7 Å². The molecule has 0 fully saturated rings. The van der Waals surface area contributed by atoms with E-state index in [0.717, 1.165) is 77.1 Å². The number of rotatable bonds is 6. The Bertz CT molecular complexity index is 3510. The van der Waals surface area contributed by atoms with Crippen molar-refractivity contribution >= 4 is 43.6 Å². The summed E-state index contributed by atoms with van der Waals surface area (Å²) in [5.41, 5.74) is 17.5. The van der Waals surface area contributed by atoms with Gasteiger partial charge in [-0.15, -0.1) is 0 Å². The van der Waals surface area contributed by atoms with Crippen LogP contribution in [0.3, 0.4) is 0 Å². The number of benzene rings is 8. The lowest BCUT2D eigenvalue weighted by Gasteiger charge is -2.22. The van der Waals surface area contributed by atoms with E-state index in [-0.39, 0.29) is 0 Å². The van der Waals surface area contributed by atoms with Crippen molar-refractivity contribution in [1.82, 2.24) is 14.1 Å². The maximum Gasteiger partial charge on any atom is 0.416 e. The number of hydrogen-bond acceptors (Lipinski definition) is 1. The van der Waals surface area contributed by atoms with Gasteiger partial charge in [-0.2, -0.15) is 13.2 Å². The zero-order chi connectivity index (χ0) is 45.6.